The van der Waals surface area contributed by atoms with Crippen LogP contribution in [0.4, 0.5) is 4.39 Å². The molecule has 4 nitrogen and oxygen atoms in total. The van der Waals surface area contributed by atoms with E-state index in [9.17, 15) is 9.18 Å². The summed E-state index contributed by atoms with van der Waals surface area (Å²) >= 11 is 0. The van der Waals surface area contributed by atoms with Crippen molar-refractivity contribution in [1.29, 1.82) is 0 Å². The average Bonchev–Trinajstić information content (AvgIpc) is 3.17. The van der Waals surface area contributed by atoms with Crippen molar-refractivity contribution in [3.05, 3.63) is 65.0 Å². The molecule has 4 atom stereocenters. The number of hydrogen-bond acceptors (Lipinski definition) is 4. The lowest BCUT2D eigenvalue weighted by molar-refractivity contribution is 0.112. The van der Waals surface area contributed by atoms with E-state index in [2.05, 4.69) is 38.9 Å². The van der Waals surface area contributed by atoms with Gasteiger partial charge in [0.25, 0.3) is 0 Å². The zero-order valence-electron chi connectivity index (χ0n) is 17.2. The molecule has 0 radical (unpaired) electrons. The fraction of sp³-hybridized carbons (Fsp3) is 0.435. The van der Waals surface area contributed by atoms with E-state index in [0.717, 1.165) is 42.0 Å². The minimum absolute atomic E-state index is 0.126. The third-order valence-corrected chi connectivity index (χ3v) is 5.60. The van der Waals surface area contributed by atoms with Gasteiger partial charge in [-0.3, -0.25) is 4.79 Å². The first-order valence-corrected chi connectivity index (χ1v) is 10.7. The monoisotopic (exact) mass is 418 g/mol. The highest BCUT2D eigenvalue weighted by Crippen LogP contribution is 2.35. The zero-order valence-corrected chi connectivity index (χ0v) is 18.4. The second-order valence-corrected chi connectivity index (χ2v) is 8.19. The Kier molecular flexibility index (Phi) is 9.89. The van der Waals surface area contributed by atoms with Gasteiger partial charge in [0.15, 0.2) is 0 Å². The summed E-state index contributed by atoms with van der Waals surface area (Å²) in [6.07, 6.45) is 4.22. The summed E-state index contributed by atoms with van der Waals surface area (Å²) in [5, 5.41) is 15.3. The first-order chi connectivity index (χ1) is 14.0. The minimum atomic E-state index is -0.189. The van der Waals surface area contributed by atoms with Crippen LogP contribution in [0.5, 0.6) is 0 Å². The first-order valence-electron chi connectivity index (χ1n) is 10.1. The first kappa shape index (κ1) is 23.6. The fourth-order valence-corrected chi connectivity index (χ4v) is 4.08. The third kappa shape index (κ3) is 7.60. The Hall–Kier alpha value is -1.65. The number of aliphatic hydroxyl groups excluding tert-OH is 1. The van der Waals surface area contributed by atoms with E-state index >= 15 is 0 Å². The second kappa shape index (κ2) is 12.1. The van der Waals surface area contributed by atoms with Gasteiger partial charge in [-0.05, 0) is 67.7 Å². The van der Waals surface area contributed by atoms with E-state index < -0.39 is 0 Å². The Morgan fingerprint density at radius 1 is 1.24 bits per heavy atom. The maximum Gasteiger partial charge on any atom is 0.150 e. The van der Waals surface area contributed by atoms with E-state index in [1.54, 1.807) is 13.1 Å². The lowest BCUT2D eigenvalue weighted by Crippen LogP contribution is -2.29. The molecule has 1 saturated carbocycles. The summed E-state index contributed by atoms with van der Waals surface area (Å²) in [6, 6.07) is 13.6. The summed E-state index contributed by atoms with van der Waals surface area (Å²) < 4.78 is 13.6. The SMILES string of the molecule is CC(NC1CC[C@H](c2ccc(C=O)cc2)C1)c1cc(F)cc(P)c1.CNCCO. The largest absolute Gasteiger partial charge is 0.395 e. The van der Waals surface area contributed by atoms with Crippen LogP contribution in [0.1, 0.15) is 59.6 Å². The number of aliphatic hydroxyl groups is 1. The van der Waals surface area contributed by atoms with Crippen molar-refractivity contribution in [2.24, 2.45) is 0 Å². The number of hydrogen-bond donors (Lipinski definition) is 3. The molecule has 29 heavy (non-hydrogen) atoms. The van der Waals surface area contributed by atoms with Gasteiger partial charge in [-0.15, -0.1) is 9.24 Å². The number of halogens is 1. The highest BCUT2D eigenvalue weighted by molar-refractivity contribution is 7.27. The van der Waals surface area contributed by atoms with Crippen LogP contribution in [0.3, 0.4) is 0 Å². The molecule has 3 N–H and O–H groups in total. The summed E-state index contributed by atoms with van der Waals surface area (Å²) in [7, 11) is 4.36. The molecule has 0 amide bonds. The highest BCUT2D eigenvalue weighted by Gasteiger charge is 2.27. The van der Waals surface area contributed by atoms with Crippen molar-refractivity contribution in [1.82, 2.24) is 10.6 Å². The molecule has 2 aromatic carbocycles. The van der Waals surface area contributed by atoms with Crippen molar-refractivity contribution in [2.75, 3.05) is 20.2 Å². The quantitative estimate of drug-likeness (QED) is 0.477. The van der Waals surface area contributed by atoms with Crippen LogP contribution >= 0.6 is 9.24 Å². The van der Waals surface area contributed by atoms with E-state index in [1.807, 2.05) is 18.2 Å². The van der Waals surface area contributed by atoms with Crippen molar-refractivity contribution in [2.45, 2.75) is 44.2 Å². The molecule has 1 fully saturated rings. The smallest absolute Gasteiger partial charge is 0.150 e. The Bertz CT molecular complexity index is 748. The third-order valence-electron chi connectivity index (χ3n) is 5.27. The predicted octanol–water partition coefficient (Wildman–Crippen LogP) is 3.32. The van der Waals surface area contributed by atoms with Crippen molar-refractivity contribution in [3.8, 4) is 0 Å². The molecule has 0 spiro atoms. The van der Waals surface area contributed by atoms with Gasteiger partial charge in [-0.25, -0.2) is 4.39 Å². The number of rotatable bonds is 7. The molecule has 1 aliphatic carbocycles. The summed E-state index contributed by atoms with van der Waals surface area (Å²) in [5.74, 6) is 0.339. The zero-order chi connectivity index (χ0) is 21.2. The molecule has 3 rings (SSSR count). The van der Waals surface area contributed by atoms with Gasteiger partial charge in [0.2, 0.25) is 0 Å². The molecule has 6 heteroatoms. The van der Waals surface area contributed by atoms with E-state index in [0.29, 0.717) is 18.5 Å². The molecule has 158 valence electrons. The molecule has 0 heterocycles. The van der Waals surface area contributed by atoms with E-state index in [4.69, 9.17) is 5.11 Å². The fourth-order valence-electron chi connectivity index (χ4n) is 3.73. The maximum atomic E-state index is 13.6. The van der Waals surface area contributed by atoms with Crippen LogP contribution < -0.4 is 15.9 Å². The molecule has 0 saturated heterocycles. The summed E-state index contributed by atoms with van der Waals surface area (Å²) in [4.78, 5) is 10.8. The van der Waals surface area contributed by atoms with Gasteiger partial charge in [-0.1, -0.05) is 30.3 Å². The molecule has 0 aliphatic heterocycles. The summed E-state index contributed by atoms with van der Waals surface area (Å²) in [6.45, 7) is 3.02. The van der Waals surface area contributed by atoms with Crippen LogP contribution in [-0.4, -0.2) is 37.6 Å². The number of carbonyl (C=O) groups excluding carboxylic acids is 1. The lowest BCUT2D eigenvalue weighted by atomic mass is 9.96. The Labute approximate surface area is 175 Å². The summed E-state index contributed by atoms with van der Waals surface area (Å²) in [5.41, 5.74) is 3.01. The number of carbonyl (C=O) groups is 1. The number of nitrogens with one attached hydrogen (secondary N) is 2. The average molecular weight is 418 g/mol. The van der Waals surface area contributed by atoms with Crippen molar-refractivity contribution in [3.63, 3.8) is 0 Å². The molecular formula is C23H32FN2O2P. The van der Waals surface area contributed by atoms with Gasteiger partial charge in [0, 0.05) is 24.2 Å². The van der Waals surface area contributed by atoms with E-state index in [1.165, 1.54) is 11.6 Å². The standard InChI is InChI=1S/C20H23FNOP.C3H9NO/c1-13(17-8-18(21)11-20(24)10-17)22-19-7-6-16(9-19)15-4-2-14(12-23)3-5-15;1-4-2-3-5/h2-5,8,10-13,16,19,22H,6-7,9,24H2,1H3;4-5H,2-3H2,1H3/t13?,16-,19?;/m0./s1. The van der Waals surface area contributed by atoms with Crippen LogP contribution in [0.2, 0.25) is 0 Å². The van der Waals surface area contributed by atoms with Gasteiger partial charge in [0.05, 0.1) is 6.61 Å². The topological polar surface area (TPSA) is 61.4 Å². The van der Waals surface area contributed by atoms with Crippen LogP contribution in [0, 0.1) is 5.82 Å². The van der Waals surface area contributed by atoms with Gasteiger partial charge < -0.3 is 15.7 Å². The Balaban J connectivity index is 0.000000537. The van der Waals surface area contributed by atoms with Crippen LogP contribution in [0.15, 0.2) is 42.5 Å². The molecular weight excluding hydrogens is 386 g/mol. The lowest BCUT2D eigenvalue weighted by Gasteiger charge is -2.20. The van der Waals surface area contributed by atoms with Gasteiger partial charge >= 0.3 is 0 Å². The number of benzene rings is 2. The number of likely N-dealkylation sites (N-methyl/N-ethyl adjacent to an activating group) is 1. The van der Waals surface area contributed by atoms with Crippen LogP contribution in [-0.2, 0) is 0 Å². The maximum absolute atomic E-state index is 13.6. The van der Waals surface area contributed by atoms with Gasteiger partial charge in [0.1, 0.15) is 12.1 Å². The van der Waals surface area contributed by atoms with E-state index in [-0.39, 0.29) is 18.5 Å². The normalized spacial score (nSPS) is 19.3. The molecule has 0 aromatic heterocycles. The molecule has 3 unspecified atom stereocenters. The Morgan fingerprint density at radius 3 is 2.52 bits per heavy atom. The minimum Gasteiger partial charge on any atom is -0.395 e. The van der Waals surface area contributed by atoms with Crippen molar-refractivity contribution < 1.29 is 14.3 Å². The second-order valence-electron chi connectivity index (χ2n) is 7.52. The number of aldehydes is 1. The predicted molar refractivity (Wildman–Crippen MR) is 121 cm³/mol. The Morgan fingerprint density at radius 2 is 1.97 bits per heavy atom. The van der Waals surface area contributed by atoms with Crippen molar-refractivity contribution >= 4 is 20.8 Å². The highest BCUT2D eigenvalue weighted by atomic mass is 31.0. The van der Waals surface area contributed by atoms with Crippen LogP contribution in [0.25, 0.3) is 0 Å². The molecule has 2 aromatic rings. The van der Waals surface area contributed by atoms with Gasteiger partial charge in [-0.2, -0.15) is 0 Å². The molecule has 1 aliphatic rings. The molecule has 0 bridgehead atoms.